The second-order valence-corrected chi connectivity index (χ2v) is 13.7. The number of anilines is 1. The number of nitrogens with one attached hydrogen (secondary N) is 1. The van der Waals surface area contributed by atoms with Crippen LogP contribution in [0.4, 0.5) is 5.69 Å². The van der Waals surface area contributed by atoms with Gasteiger partial charge in [0.25, 0.3) is 0 Å². The van der Waals surface area contributed by atoms with Crippen molar-refractivity contribution in [1.82, 2.24) is 9.13 Å². The Morgan fingerprint density at radius 1 is 0.574 bits per heavy atom. The third-order valence-electron chi connectivity index (χ3n) is 9.80. The van der Waals surface area contributed by atoms with Crippen molar-refractivity contribution in [3.8, 4) is 22.5 Å². The van der Waals surface area contributed by atoms with Crippen LogP contribution in [0.25, 0.3) is 61.3 Å². The van der Waals surface area contributed by atoms with E-state index in [0.717, 1.165) is 12.8 Å². The van der Waals surface area contributed by atoms with E-state index in [0.29, 0.717) is 0 Å². The molecule has 0 saturated heterocycles. The van der Waals surface area contributed by atoms with Gasteiger partial charge in [0.1, 0.15) is 5.37 Å². The summed E-state index contributed by atoms with van der Waals surface area (Å²) in [4.78, 5) is 1.30. The van der Waals surface area contributed by atoms with E-state index in [1.165, 1.54) is 82.6 Å². The van der Waals surface area contributed by atoms with Gasteiger partial charge in [-0.25, -0.2) is 0 Å². The lowest BCUT2D eigenvalue weighted by Gasteiger charge is -2.14. The fourth-order valence-electron chi connectivity index (χ4n) is 7.66. The highest BCUT2D eigenvalue weighted by Gasteiger charge is 2.24. The van der Waals surface area contributed by atoms with Gasteiger partial charge >= 0.3 is 0 Å². The van der Waals surface area contributed by atoms with Gasteiger partial charge in [0.15, 0.2) is 0 Å². The topological polar surface area (TPSA) is 21.9 Å². The van der Waals surface area contributed by atoms with E-state index in [4.69, 9.17) is 0 Å². The average Bonchev–Trinajstić information content (AvgIpc) is 3.81. The molecule has 1 aliphatic heterocycles. The third-order valence-corrected chi connectivity index (χ3v) is 11.0. The van der Waals surface area contributed by atoms with E-state index in [-0.39, 0.29) is 5.37 Å². The van der Waals surface area contributed by atoms with Crippen LogP contribution in [0.3, 0.4) is 0 Å². The first-order chi connectivity index (χ1) is 23.3. The Kier molecular flexibility index (Phi) is 6.00. The number of hydrogen-bond donors (Lipinski definition) is 1. The van der Waals surface area contributed by atoms with Gasteiger partial charge in [0.05, 0.1) is 16.6 Å². The molecule has 0 amide bonds. The lowest BCUT2D eigenvalue weighted by Crippen LogP contribution is -2.02. The number of hydrogen-bond acceptors (Lipinski definition) is 2. The summed E-state index contributed by atoms with van der Waals surface area (Å²) in [5.41, 5.74) is 13.8. The Labute approximate surface area is 277 Å². The number of allylic oxidation sites excluding steroid dienone is 1. The summed E-state index contributed by atoms with van der Waals surface area (Å²) in [7, 11) is 0. The summed E-state index contributed by atoms with van der Waals surface area (Å²) in [6.07, 6.45) is 6.77. The van der Waals surface area contributed by atoms with Crippen molar-refractivity contribution in [1.29, 1.82) is 0 Å². The van der Waals surface area contributed by atoms with Crippen LogP contribution in [-0.2, 0) is 6.42 Å². The highest BCUT2D eigenvalue weighted by atomic mass is 32.2. The van der Waals surface area contributed by atoms with E-state index in [2.05, 4.69) is 166 Å². The standard InChI is InChI=1S/C43H31N3S/c1-3-12-28(13-4-1)43-44-37-25-30(22-23-42(37)47-43)29-14-11-17-32(24-29)46-39-21-10-8-19-34(39)36-26-35-33-18-7-9-20-38(33)45(40(35)27-41(36)46)31-15-5-2-6-16-31/h1-8,10-19,21-27,43-44H,9,20H2. The molecule has 1 unspecified atom stereocenters. The molecule has 47 heavy (non-hydrogen) atoms. The molecule has 4 heteroatoms. The van der Waals surface area contributed by atoms with E-state index in [9.17, 15) is 0 Å². The summed E-state index contributed by atoms with van der Waals surface area (Å²) in [5, 5.41) is 7.88. The Hall–Kier alpha value is -5.45. The quantitative estimate of drug-likeness (QED) is 0.211. The number of rotatable bonds is 4. The van der Waals surface area contributed by atoms with Crippen molar-refractivity contribution in [2.24, 2.45) is 0 Å². The first-order valence-electron chi connectivity index (χ1n) is 16.4. The molecule has 1 N–H and O–H groups in total. The molecule has 1 atom stereocenters. The van der Waals surface area contributed by atoms with E-state index >= 15 is 0 Å². The molecule has 0 bridgehead atoms. The van der Waals surface area contributed by atoms with Crippen LogP contribution in [0.15, 0.2) is 150 Å². The average molecular weight is 622 g/mol. The second-order valence-electron chi connectivity index (χ2n) is 12.5. The zero-order valence-electron chi connectivity index (χ0n) is 25.7. The zero-order chi connectivity index (χ0) is 30.9. The second kappa shape index (κ2) is 10.5. The van der Waals surface area contributed by atoms with Crippen LogP contribution in [0.2, 0.25) is 0 Å². The maximum atomic E-state index is 3.76. The van der Waals surface area contributed by atoms with Gasteiger partial charge in [-0.3, -0.25) is 0 Å². The molecule has 6 aromatic carbocycles. The molecule has 0 fully saturated rings. The van der Waals surface area contributed by atoms with Crippen LogP contribution in [0.5, 0.6) is 0 Å². The molecular formula is C43H31N3S. The third kappa shape index (κ3) is 4.22. The van der Waals surface area contributed by atoms with Crippen LogP contribution in [0.1, 0.15) is 28.6 Å². The summed E-state index contributed by atoms with van der Waals surface area (Å²) in [6.45, 7) is 0. The van der Waals surface area contributed by atoms with Crippen LogP contribution >= 0.6 is 11.8 Å². The fourth-order valence-corrected chi connectivity index (χ4v) is 8.78. The van der Waals surface area contributed by atoms with Crippen molar-refractivity contribution in [3.05, 3.63) is 162 Å². The lowest BCUT2D eigenvalue weighted by atomic mass is 10.0. The van der Waals surface area contributed by atoms with E-state index in [1.54, 1.807) is 0 Å². The highest BCUT2D eigenvalue weighted by molar-refractivity contribution is 8.00. The maximum absolute atomic E-state index is 3.76. The Morgan fingerprint density at radius 3 is 2.23 bits per heavy atom. The van der Waals surface area contributed by atoms with E-state index in [1.807, 2.05) is 11.8 Å². The predicted octanol–water partition coefficient (Wildman–Crippen LogP) is 11.6. The van der Waals surface area contributed by atoms with Crippen molar-refractivity contribution < 1.29 is 0 Å². The fraction of sp³-hybridized carbons (Fsp3) is 0.0698. The van der Waals surface area contributed by atoms with Gasteiger partial charge in [-0.1, -0.05) is 109 Å². The molecular weight excluding hydrogens is 591 g/mol. The Morgan fingerprint density at radius 2 is 1.34 bits per heavy atom. The number of fused-ring (bicyclic) bond motifs is 7. The Bertz CT molecular complexity index is 2520. The SMILES string of the molecule is C1=Cc2c(n(-c3ccccc3)c3cc4c(cc23)c2ccccc2n4-c2cccc(-c3ccc4c(c3)NC(c3ccccc3)S4)c2)CC1. The van der Waals surface area contributed by atoms with Gasteiger partial charge in [-0.2, -0.15) is 0 Å². The molecule has 2 aromatic heterocycles. The molecule has 3 nitrogen and oxygen atoms in total. The smallest absolute Gasteiger partial charge is 0.103 e. The van der Waals surface area contributed by atoms with Crippen molar-refractivity contribution in [3.63, 3.8) is 0 Å². The van der Waals surface area contributed by atoms with Crippen molar-refractivity contribution in [2.45, 2.75) is 23.1 Å². The number of thioether (sulfide) groups is 1. The van der Waals surface area contributed by atoms with Crippen molar-refractivity contribution >= 4 is 56.2 Å². The molecule has 2 aliphatic rings. The zero-order valence-corrected chi connectivity index (χ0v) is 26.5. The van der Waals surface area contributed by atoms with E-state index < -0.39 is 0 Å². The summed E-state index contributed by atoms with van der Waals surface area (Å²) >= 11 is 1.89. The minimum Gasteiger partial charge on any atom is -0.368 e. The van der Waals surface area contributed by atoms with Crippen LogP contribution in [0, 0.1) is 0 Å². The first kappa shape index (κ1) is 26.7. The van der Waals surface area contributed by atoms with Gasteiger partial charge < -0.3 is 14.5 Å². The number of benzene rings is 6. The number of nitrogens with zero attached hydrogens (tertiary/aromatic N) is 2. The largest absolute Gasteiger partial charge is 0.368 e. The molecule has 8 aromatic rings. The molecule has 0 spiro atoms. The predicted molar refractivity (Wildman–Crippen MR) is 199 cm³/mol. The minimum atomic E-state index is 0.234. The van der Waals surface area contributed by atoms with Crippen LogP contribution < -0.4 is 5.32 Å². The van der Waals surface area contributed by atoms with Gasteiger partial charge in [0.2, 0.25) is 0 Å². The molecule has 3 heterocycles. The molecule has 0 radical (unpaired) electrons. The summed E-state index contributed by atoms with van der Waals surface area (Å²) < 4.78 is 4.95. The maximum Gasteiger partial charge on any atom is 0.103 e. The highest BCUT2D eigenvalue weighted by Crippen LogP contribution is 2.48. The molecule has 10 rings (SSSR count). The van der Waals surface area contributed by atoms with Gasteiger partial charge in [-0.15, -0.1) is 0 Å². The Balaban J connectivity index is 1.14. The number of aromatic nitrogens is 2. The molecule has 1 aliphatic carbocycles. The molecule has 0 saturated carbocycles. The molecule has 224 valence electrons. The first-order valence-corrected chi connectivity index (χ1v) is 17.2. The normalized spacial score (nSPS) is 15.3. The van der Waals surface area contributed by atoms with Crippen molar-refractivity contribution in [2.75, 3.05) is 5.32 Å². The number of para-hydroxylation sites is 2. The minimum absolute atomic E-state index is 0.234. The lowest BCUT2D eigenvalue weighted by molar-refractivity contribution is 0.888. The summed E-state index contributed by atoms with van der Waals surface area (Å²) in [5.74, 6) is 0. The van der Waals surface area contributed by atoms with Crippen LogP contribution in [-0.4, -0.2) is 9.13 Å². The monoisotopic (exact) mass is 621 g/mol. The van der Waals surface area contributed by atoms with Gasteiger partial charge in [0, 0.05) is 49.4 Å². The van der Waals surface area contributed by atoms with Gasteiger partial charge in [-0.05, 0) is 84.1 Å². The summed E-state index contributed by atoms with van der Waals surface area (Å²) in [6, 6.07) is 51.1.